The lowest BCUT2D eigenvalue weighted by Gasteiger charge is -2.37. The lowest BCUT2D eigenvalue weighted by molar-refractivity contribution is 0.379. The Hall–Kier alpha value is -3.56. The van der Waals surface area contributed by atoms with Gasteiger partial charge in [0.1, 0.15) is 11.3 Å². The molecular weight excluding hydrogens is 485 g/mol. The van der Waals surface area contributed by atoms with Gasteiger partial charge in [0.05, 0.1) is 11.2 Å². The number of fused-ring (bicyclic) bond motifs is 1. The Balaban J connectivity index is 1.31. The predicted octanol–water partition coefficient (Wildman–Crippen LogP) is 4.26. The van der Waals surface area contributed by atoms with Gasteiger partial charge in [0.2, 0.25) is 5.95 Å². The standard InChI is InChI=1S/C25H23ClFN7S/c26-18-3-1-2-16(14-18)15-29-25(35)34-12-10-33(11-13-34)23-22-21(31-24(28)32-23)9-8-20(30-22)17-4-6-19(27)7-5-17/h1-9,14H,10-13,15H2,(H,29,35)(H2,28,31,32). The molecule has 4 aromatic rings. The predicted molar refractivity (Wildman–Crippen MR) is 142 cm³/mol. The number of rotatable bonds is 4. The van der Waals surface area contributed by atoms with E-state index < -0.39 is 0 Å². The van der Waals surface area contributed by atoms with Gasteiger partial charge >= 0.3 is 0 Å². The number of aromatic nitrogens is 3. The van der Waals surface area contributed by atoms with Crippen molar-refractivity contribution >= 4 is 51.7 Å². The number of nitrogen functional groups attached to an aromatic ring is 1. The summed E-state index contributed by atoms with van der Waals surface area (Å²) in [5.74, 6) is 0.600. The maximum atomic E-state index is 13.4. The van der Waals surface area contributed by atoms with E-state index >= 15 is 0 Å². The van der Waals surface area contributed by atoms with Crippen molar-refractivity contribution in [3.05, 3.63) is 77.1 Å². The van der Waals surface area contributed by atoms with Crippen LogP contribution in [0.25, 0.3) is 22.3 Å². The molecule has 1 saturated heterocycles. The second-order valence-corrected chi connectivity index (χ2v) is 9.06. The SMILES string of the molecule is Nc1nc(N2CCN(C(=S)NCc3cccc(Cl)c3)CC2)c2nc(-c3ccc(F)cc3)ccc2n1. The molecule has 0 atom stereocenters. The Morgan fingerprint density at radius 1 is 1.00 bits per heavy atom. The van der Waals surface area contributed by atoms with Crippen molar-refractivity contribution in [2.24, 2.45) is 0 Å². The van der Waals surface area contributed by atoms with Crippen LogP contribution in [0.1, 0.15) is 5.56 Å². The number of pyridine rings is 1. The topological polar surface area (TPSA) is 83.2 Å². The summed E-state index contributed by atoms with van der Waals surface area (Å²) in [4.78, 5) is 18.0. The highest BCUT2D eigenvalue weighted by Crippen LogP contribution is 2.27. The maximum Gasteiger partial charge on any atom is 0.222 e. The van der Waals surface area contributed by atoms with Gasteiger partial charge in [-0.05, 0) is 66.3 Å². The highest BCUT2D eigenvalue weighted by Gasteiger charge is 2.23. The van der Waals surface area contributed by atoms with Crippen LogP contribution < -0.4 is 16.0 Å². The van der Waals surface area contributed by atoms with Crippen LogP contribution in [-0.2, 0) is 6.54 Å². The molecule has 0 radical (unpaired) electrons. The van der Waals surface area contributed by atoms with Gasteiger partial charge in [0, 0.05) is 43.3 Å². The summed E-state index contributed by atoms with van der Waals surface area (Å²) in [5, 5.41) is 4.72. The van der Waals surface area contributed by atoms with Crippen LogP contribution >= 0.6 is 23.8 Å². The van der Waals surface area contributed by atoms with Gasteiger partial charge in [-0.15, -0.1) is 0 Å². The Kier molecular flexibility index (Phi) is 6.61. The summed E-state index contributed by atoms with van der Waals surface area (Å²) >= 11 is 11.7. The zero-order valence-electron chi connectivity index (χ0n) is 18.8. The number of hydrogen-bond acceptors (Lipinski definition) is 6. The molecule has 2 aromatic carbocycles. The van der Waals surface area contributed by atoms with Crippen molar-refractivity contribution in [1.82, 2.24) is 25.2 Å². The van der Waals surface area contributed by atoms with Gasteiger partial charge < -0.3 is 20.9 Å². The van der Waals surface area contributed by atoms with E-state index in [2.05, 4.69) is 25.1 Å². The van der Waals surface area contributed by atoms with E-state index in [1.807, 2.05) is 36.4 Å². The molecule has 5 rings (SSSR count). The molecule has 0 aliphatic carbocycles. The van der Waals surface area contributed by atoms with Gasteiger partial charge in [-0.25, -0.2) is 14.4 Å². The molecule has 10 heteroatoms. The average Bonchev–Trinajstić information content (AvgIpc) is 2.87. The van der Waals surface area contributed by atoms with Crippen LogP contribution in [0, 0.1) is 5.82 Å². The fourth-order valence-electron chi connectivity index (χ4n) is 4.08. The van der Waals surface area contributed by atoms with E-state index in [4.69, 9.17) is 34.5 Å². The quantitative estimate of drug-likeness (QED) is 0.396. The highest BCUT2D eigenvalue weighted by atomic mass is 35.5. The third-order valence-electron chi connectivity index (χ3n) is 5.88. The van der Waals surface area contributed by atoms with Gasteiger partial charge in [-0.3, -0.25) is 0 Å². The average molecular weight is 508 g/mol. The molecule has 178 valence electrons. The summed E-state index contributed by atoms with van der Waals surface area (Å²) in [5.41, 5.74) is 9.95. The van der Waals surface area contributed by atoms with Crippen molar-refractivity contribution in [2.45, 2.75) is 6.54 Å². The highest BCUT2D eigenvalue weighted by molar-refractivity contribution is 7.80. The minimum absolute atomic E-state index is 0.199. The van der Waals surface area contributed by atoms with Crippen LogP contribution in [0.15, 0.2) is 60.7 Å². The Bertz CT molecular complexity index is 1370. The largest absolute Gasteiger partial charge is 0.368 e. The number of benzene rings is 2. The molecule has 3 N–H and O–H groups in total. The van der Waals surface area contributed by atoms with Gasteiger partial charge in [-0.1, -0.05) is 23.7 Å². The molecule has 1 fully saturated rings. The normalized spacial score (nSPS) is 13.8. The fraction of sp³-hybridized carbons (Fsp3) is 0.200. The number of thiocarbonyl (C=S) groups is 1. The molecule has 1 aliphatic heterocycles. The zero-order chi connectivity index (χ0) is 24.4. The van der Waals surface area contributed by atoms with Crippen molar-refractivity contribution in [1.29, 1.82) is 0 Å². The second kappa shape index (κ2) is 9.97. The van der Waals surface area contributed by atoms with E-state index in [1.165, 1.54) is 12.1 Å². The first-order valence-corrected chi connectivity index (χ1v) is 12.0. The minimum Gasteiger partial charge on any atom is -0.368 e. The Morgan fingerprint density at radius 3 is 2.51 bits per heavy atom. The van der Waals surface area contributed by atoms with Crippen molar-refractivity contribution < 1.29 is 4.39 Å². The van der Waals surface area contributed by atoms with Crippen molar-refractivity contribution in [2.75, 3.05) is 36.8 Å². The first kappa shape index (κ1) is 23.2. The fourth-order valence-corrected chi connectivity index (χ4v) is 4.54. The molecule has 35 heavy (non-hydrogen) atoms. The van der Waals surface area contributed by atoms with E-state index in [-0.39, 0.29) is 11.8 Å². The first-order valence-electron chi connectivity index (χ1n) is 11.2. The minimum atomic E-state index is -0.288. The molecule has 7 nitrogen and oxygen atoms in total. The number of hydrogen-bond donors (Lipinski definition) is 2. The van der Waals surface area contributed by atoms with Crippen LogP contribution in [0.2, 0.25) is 5.02 Å². The van der Waals surface area contributed by atoms with E-state index in [1.54, 1.807) is 12.1 Å². The number of piperazine rings is 1. The van der Waals surface area contributed by atoms with Crippen molar-refractivity contribution in [3.63, 3.8) is 0 Å². The molecular formula is C25H23ClFN7S. The molecule has 0 bridgehead atoms. The van der Waals surface area contributed by atoms with Crippen LogP contribution in [0.5, 0.6) is 0 Å². The van der Waals surface area contributed by atoms with Crippen molar-refractivity contribution in [3.8, 4) is 11.3 Å². The van der Waals surface area contributed by atoms with Crippen LogP contribution in [0.4, 0.5) is 16.2 Å². The number of halogens is 2. The summed E-state index contributed by atoms with van der Waals surface area (Å²) in [6, 6.07) is 17.7. The van der Waals surface area contributed by atoms with Crippen LogP contribution in [0.3, 0.4) is 0 Å². The molecule has 0 amide bonds. The molecule has 1 aliphatic rings. The number of anilines is 2. The maximum absolute atomic E-state index is 13.4. The summed E-state index contributed by atoms with van der Waals surface area (Å²) in [7, 11) is 0. The summed E-state index contributed by atoms with van der Waals surface area (Å²) < 4.78 is 13.4. The monoisotopic (exact) mass is 507 g/mol. The van der Waals surface area contributed by atoms with E-state index in [9.17, 15) is 4.39 Å². The molecule has 2 aromatic heterocycles. The summed E-state index contributed by atoms with van der Waals surface area (Å²) in [6.45, 7) is 3.47. The Morgan fingerprint density at radius 2 is 1.77 bits per heavy atom. The number of nitrogens with zero attached hydrogens (tertiary/aromatic N) is 5. The number of nitrogens with two attached hydrogens (primary N) is 1. The van der Waals surface area contributed by atoms with E-state index in [0.717, 1.165) is 29.9 Å². The lowest BCUT2D eigenvalue weighted by Crippen LogP contribution is -2.51. The van der Waals surface area contributed by atoms with Crippen LogP contribution in [-0.4, -0.2) is 51.1 Å². The first-order chi connectivity index (χ1) is 17.0. The zero-order valence-corrected chi connectivity index (χ0v) is 20.4. The molecule has 0 spiro atoms. The molecule has 0 unspecified atom stereocenters. The number of nitrogens with one attached hydrogen (secondary N) is 1. The van der Waals surface area contributed by atoms with Gasteiger partial charge in [0.15, 0.2) is 10.9 Å². The third kappa shape index (κ3) is 5.26. The molecule has 0 saturated carbocycles. The van der Waals surface area contributed by atoms with Gasteiger partial charge in [0.25, 0.3) is 0 Å². The van der Waals surface area contributed by atoms with E-state index in [0.29, 0.717) is 46.6 Å². The van der Waals surface area contributed by atoms with Gasteiger partial charge in [-0.2, -0.15) is 4.98 Å². The molecule has 3 heterocycles. The second-order valence-electron chi connectivity index (χ2n) is 8.24. The third-order valence-corrected chi connectivity index (χ3v) is 6.52. The summed E-state index contributed by atoms with van der Waals surface area (Å²) in [6.07, 6.45) is 0. The lowest BCUT2D eigenvalue weighted by atomic mass is 10.1. The Labute approximate surface area is 212 Å². The smallest absolute Gasteiger partial charge is 0.222 e.